The van der Waals surface area contributed by atoms with Gasteiger partial charge in [0.25, 0.3) is 0 Å². The first-order chi connectivity index (χ1) is 8.58. The van der Waals surface area contributed by atoms with Crippen molar-refractivity contribution in [2.75, 3.05) is 11.1 Å². The summed E-state index contributed by atoms with van der Waals surface area (Å²) in [6.07, 6.45) is -4.55. The van der Waals surface area contributed by atoms with E-state index in [1.165, 1.54) is 6.07 Å². The van der Waals surface area contributed by atoms with Crippen LogP contribution >= 0.6 is 10.8 Å². The zero-order valence-corrected chi connectivity index (χ0v) is 13.7. The Morgan fingerprint density at radius 3 is 2.45 bits per heavy atom. The minimum Gasteiger partial charge on any atom is -0.739 e. The Morgan fingerprint density at radius 2 is 1.95 bits per heavy atom. The molecule has 0 fully saturated rings. The zero-order valence-electron chi connectivity index (χ0n) is 10.1. The summed E-state index contributed by atoms with van der Waals surface area (Å²) >= 11 is 0. The van der Waals surface area contributed by atoms with Crippen molar-refractivity contribution in [1.82, 2.24) is 0 Å². The molecule has 0 aliphatic heterocycles. The first-order valence-corrected chi connectivity index (χ1v) is 7.56. The molecule has 0 radical (unpaired) electrons. The summed E-state index contributed by atoms with van der Waals surface area (Å²) in [5.74, 6) is -1.58. The molecule has 20 heavy (non-hydrogen) atoms. The monoisotopic (exact) mass is 337 g/mol. The van der Waals surface area contributed by atoms with Gasteiger partial charge >= 0.3 is 35.7 Å². The van der Waals surface area contributed by atoms with Crippen molar-refractivity contribution >= 4 is 31.5 Å². The summed E-state index contributed by atoms with van der Waals surface area (Å²) in [7, 11) is -4.76. The summed E-state index contributed by atoms with van der Waals surface area (Å²) in [4.78, 5) is 11.2. The van der Waals surface area contributed by atoms with Crippen LogP contribution in [0.15, 0.2) is 24.3 Å². The van der Waals surface area contributed by atoms with E-state index in [0.717, 1.165) is 12.1 Å². The summed E-state index contributed by atoms with van der Waals surface area (Å²) in [6, 6.07) is 3.83. The number of hydrogen-bond donors (Lipinski definition) is 1. The summed E-state index contributed by atoms with van der Waals surface area (Å²) in [6.45, 7) is 0. The molecule has 0 unspecified atom stereocenters. The third-order valence-corrected chi connectivity index (χ3v) is 3.70. The number of benzene rings is 1. The van der Waals surface area contributed by atoms with Gasteiger partial charge in [-0.2, -0.15) is 13.2 Å². The number of anilines is 1. The van der Waals surface area contributed by atoms with Gasteiger partial charge in [-0.3, -0.25) is 4.79 Å². The van der Waals surface area contributed by atoms with Gasteiger partial charge < -0.3 is 9.87 Å². The minimum atomic E-state index is -4.62. The number of carbonyl (C=O) groups excluding carboxylic acids is 1. The Labute approximate surface area is 138 Å². The van der Waals surface area contributed by atoms with Crippen molar-refractivity contribution in [1.29, 1.82) is 0 Å². The van der Waals surface area contributed by atoms with E-state index in [4.69, 9.17) is 0 Å². The smallest absolute Gasteiger partial charge is 0.739 e. The van der Waals surface area contributed by atoms with Crippen LogP contribution in [0, 0.1) is 0 Å². The number of halogens is 3. The van der Waals surface area contributed by atoms with Gasteiger partial charge in [-0.05, 0) is 29.0 Å². The normalized spacial score (nSPS) is 11.6. The van der Waals surface area contributed by atoms with Crippen LogP contribution in [0.4, 0.5) is 18.9 Å². The molecule has 0 aliphatic rings. The summed E-state index contributed by atoms with van der Waals surface area (Å²) in [5, 5.41) is 2.06. The second-order valence-corrected chi connectivity index (χ2v) is 6.57. The molecule has 0 aliphatic carbocycles. The van der Waals surface area contributed by atoms with E-state index in [9.17, 15) is 30.9 Å². The Hall–Kier alpha value is -0.260. The van der Waals surface area contributed by atoms with E-state index in [0.29, 0.717) is 6.07 Å². The fourth-order valence-electron chi connectivity index (χ4n) is 1.10. The molecular formula is C9H7F3NNaO4S2. The Bertz CT molecular complexity index is 577. The van der Waals surface area contributed by atoms with Crippen LogP contribution in [0.3, 0.4) is 0 Å². The van der Waals surface area contributed by atoms with Crippen LogP contribution in [0.2, 0.25) is 0 Å². The number of rotatable bonds is 4. The molecule has 0 atom stereocenters. The van der Waals surface area contributed by atoms with Gasteiger partial charge in [0.1, 0.15) is 9.15 Å². The molecule has 5 nitrogen and oxygen atoms in total. The molecule has 1 N–H and O–H groups in total. The third kappa shape index (κ3) is 7.50. The number of nitrogens with one attached hydrogen (secondary N) is 1. The van der Waals surface area contributed by atoms with Crippen molar-refractivity contribution in [3.63, 3.8) is 0 Å². The van der Waals surface area contributed by atoms with E-state index in [-0.39, 0.29) is 46.0 Å². The van der Waals surface area contributed by atoms with E-state index >= 15 is 0 Å². The van der Waals surface area contributed by atoms with E-state index in [1.807, 2.05) is 0 Å². The van der Waals surface area contributed by atoms with Crippen molar-refractivity contribution in [3.05, 3.63) is 29.8 Å². The molecule has 1 amide bonds. The van der Waals surface area contributed by atoms with Crippen molar-refractivity contribution in [2.24, 2.45) is 0 Å². The van der Waals surface area contributed by atoms with Gasteiger partial charge in [0.2, 0.25) is 5.91 Å². The van der Waals surface area contributed by atoms with Gasteiger partial charge in [0.15, 0.2) is 0 Å². The SMILES string of the molecule is O=C(CSS(=O)(=O)[O-])Nc1cccc(C(F)(F)F)c1.[Na+]. The second-order valence-electron chi connectivity index (χ2n) is 3.30. The van der Waals surface area contributed by atoms with Gasteiger partial charge in [-0.15, -0.1) is 0 Å². The first-order valence-electron chi connectivity index (χ1n) is 4.65. The molecule has 1 aromatic carbocycles. The maximum atomic E-state index is 12.4. The van der Waals surface area contributed by atoms with Gasteiger partial charge in [0, 0.05) is 5.69 Å². The molecule has 0 aromatic heterocycles. The van der Waals surface area contributed by atoms with Crippen LogP contribution in [-0.4, -0.2) is 24.6 Å². The number of hydrogen-bond acceptors (Lipinski definition) is 5. The molecule has 106 valence electrons. The molecule has 0 saturated carbocycles. The van der Waals surface area contributed by atoms with E-state index in [2.05, 4.69) is 5.32 Å². The molecule has 0 bridgehead atoms. The minimum absolute atomic E-state index is 0. The average Bonchev–Trinajstić information content (AvgIpc) is 2.25. The second kappa shape index (κ2) is 7.66. The van der Waals surface area contributed by atoms with Crippen LogP contribution in [0.25, 0.3) is 0 Å². The van der Waals surface area contributed by atoms with Gasteiger partial charge in [0.05, 0.1) is 11.3 Å². The van der Waals surface area contributed by atoms with Crippen LogP contribution in [0.5, 0.6) is 0 Å². The Morgan fingerprint density at radius 1 is 1.35 bits per heavy atom. The molecule has 1 rings (SSSR count). The average molecular weight is 337 g/mol. The predicted octanol–water partition coefficient (Wildman–Crippen LogP) is -1.16. The maximum Gasteiger partial charge on any atom is 1.00 e. The quantitative estimate of drug-likeness (QED) is 0.426. The standard InChI is InChI=1S/C9H8F3NO4S2.Na/c10-9(11,12)6-2-1-3-7(4-6)13-8(14)5-18-19(15,16)17;/h1-4H,5H2,(H,13,14)(H,15,16,17);/q;+1/p-1. The van der Waals surface area contributed by atoms with Crippen LogP contribution in [-0.2, 0) is 20.1 Å². The Kier molecular flexibility index (Phi) is 7.56. The van der Waals surface area contributed by atoms with Crippen LogP contribution in [0.1, 0.15) is 5.56 Å². The van der Waals surface area contributed by atoms with Crippen LogP contribution < -0.4 is 34.9 Å². The largest absolute Gasteiger partial charge is 1.00 e. The van der Waals surface area contributed by atoms with E-state index < -0.39 is 32.5 Å². The molecule has 0 spiro atoms. The molecule has 1 aromatic rings. The van der Waals surface area contributed by atoms with Gasteiger partial charge in [-0.25, -0.2) is 8.42 Å². The van der Waals surface area contributed by atoms with Gasteiger partial charge in [-0.1, -0.05) is 6.07 Å². The molecule has 0 saturated heterocycles. The topological polar surface area (TPSA) is 86.3 Å². The third-order valence-electron chi connectivity index (χ3n) is 1.81. The van der Waals surface area contributed by atoms with Crippen molar-refractivity contribution in [2.45, 2.75) is 6.18 Å². The first kappa shape index (κ1) is 19.7. The number of amides is 1. The summed E-state index contributed by atoms with van der Waals surface area (Å²) in [5.41, 5.74) is -1.09. The molecule has 0 heterocycles. The summed E-state index contributed by atoms with van der Waals surface area (Å²) < 4.78 is 67.9. The number of alkyl halides is 3. The zero-order chi connectivity index (χ0) is 14.7. The Balaban J connectivity index is 0.00000361. The number of carbonyl (C=O) groups is 1. The fraction of sp³-hybridized carbons (Fsp3) is 0.222. The van der Waals surface area contributed by atoms with E-state index in [1.54, 1.807) is 0 Å². The predicted molar refractivity (Wildman–Crippen MR) is 62.2 cm³/mol. The maximum absolute atomic E-state index is 12.4. The van der Waals surface area contributed by atoms with Crippen molar-refractivity contribution in [3.8, 4) is 0 Å². The molecule has 11 heteroatoms. The molecular weight excluding hydrogens is 330 g/mol. The fourth-order valence-corrected chi connectivity index (χ4v) is 2.17. The van der Waals surface area contributed by atoms with Crippen molar-refractivity contribution < 1.29 is 60.5 Å².